The Morgan fingerprint density at radius 2 is 1.72 bits per heavy atom. The van der Waals surface area contributed by atoms with Gasteiger partial charge in [-0.1, -0.05) is 29.8 Å². The van der Waals surface area contributed by atoms with E-state index in [1.807, 2.05) is 0 Å². The highest BCUT2D eigenvalue weighted by Gasteiger charge is 2.10. The Balaban J connectivity index is 1.79. The molecule has 0 aromatic heterocycles. The topological polar surface area (TPSA) is 81.7 Å². The molecule has 0 aliphatic heterocycles. The number of hydrogen-bond donors (Lipinski definition) is 1. The zero-order valence-corrected chi connectivity index (χ0v) is 14.2. The van der Waals surface area contributed by atoms with Crippen LogP contribution in [0.4, 0.5) is 0 Å². The minimum atomic E-state index is -0.625. The van der Waals surface area contributed by atoms with Crippen LogP contribution in [0.15, 0.2) is 48.5 Å². The van der Waals surface area contributed by atoms with Crippen molar-refractivity contribution in [2.45, 2.75) is 6.54 Å². The van der Waals surface area contributed by atoms with Crippen molar-refractivity contribution in [2.75, 3.05) is 13.7 Å². The van der Waals surface area contributed by atoms with Crippen LogP contribution in [0.5, 0.6) is 0 Å². The molecule has 0 heterocycles. The smallest absolute Gasteiger partial charge is 0.338 e. The average Bonchev–Trinajstić information content (AvgIpc) is 2.64. The molecule has 2 aromatic carbocycles. The number of hydrogen-bond acceptors (Lipinski definition) is 5. The summed E-state index contributed by atoms with van der Waals surface area (Å²) < 4.78 is 9.53. The average molecular weight is 362 g/mol. The summed E-state index contributed by atoms with van der Waals surface area (Å²) in [5.41, 5.74) is 1.49. The number of methoxy groups -OCH3 is 1. The number of esters is 2. The summed E-state index contributed by atoms with van der Waals surface area (Å²) in [6.45, 7) is -0.152. The summed E-state index contributed by atoms with van der Waals surface area (Å²) in [6.07, 6.45) is 0. The van der Waals surface area contributed by atoms with Gasteiger partial charge in [0.1, 0.15) is 0 Å². The molecule has 7 heteroatoms. The largest absolute Gasteiger partial charge is 0.465 e. The molecule has 0 saturated heterocycles. The van der Waals surface area contributed by atoms with Crippen LogP contribution in [0.1, 0.15) is 26.3 Å². The lowest BCUT2D eigenvalue weighted by Crippen LogP contribution is -2.28. The van der Waals surface area contributed by atoms with Crippen LogP contribution in [-0.2, 0) is 20.8 Å². The normalized spacial score (nSPS) is 10.0. The summed E-state index contributed by atoms with van der Waals surface area (Å²) in [7, 11) is 1.31. The molecule has 0 radical (unpaired) electrons. The fourth-order valence-electron chi connectivity index (χ4n) is 1.96. The maximum atomic E-state index is 11.8. The van der Waals surface area contributed by atoms with Gasteiger partial charge in [-0.3, -0.25) is 4.79 Å². The zero-order valence-electron chi connectivity index (χ0n) is 13.5. The second-order valence-electron chi connectivity index (χ2n) is 5.05. The van der Waals surface area contributed by atoms with Crippen molar-refractivity contribution >= 4 is 29.4 Å². The first-order valence-corrected chi connectivity index (χ1v) is 7.74. The first-order valence-electron chi connectivity index (χ1n) is 7.36. The summed E-state index contributed by atoms with van der Waals surface area (Å²) >= 11 is 5.79. The number of ether oxygens (including phenoxy) is 2. The fraction of sp³-hybridized carbons (Fsp3) is 0.167. The summed E-state index contributed by atoms with van der Waals surface area (Å²) in [4.78, 5) is 34.9. The Hall–Kier alpha value is -2.86. The predicted octanol–water partition coefficient (Wildman–Crippen LogP) is 2.60. The molecule has 1 N–H and O–H groups in total. The molecule has 0 bridgehead atoms. The minimum Gasteiger partial charge on any atom is -0.465 e. The van der Waals surface area contributed by atoms with Gasteiger partial charge in [-0.15, -0.1) is 0 Å². The molecule has 6 nitrogen and oxygen atoms in total. The van der Waals surface area contributed by atoms with E-state index in [2.05, 4.69) is 10.1 Å². The van der Waals surface area contributed by atoms with E-state index in [1.54, 1.807) is 42.5 Å². The van der Waals surface area contributed by atoms with Crippen LogP contribution in [-0.4, -0.2) is 31.6 Å². The van der Waals surface area contributed by atoms with Crippen molar-refractivity contribution in [3.8, 4) is 0 Å². The molecular formula is C18H16ClNO5. The van der Waals surface area contributed by atoms with E-state index in [0.717, 1.165) is 5.56 Å². The Morgan fingerprint density at radius 3 is 2.36 bits per heavy atom. The van der Waals surface area contributed by atoms with Crippen molar-refractivity contribution in [3.05, 3.63) is 70.2 Å². The highest BCUT2D eigenvalue weighted by atomic mass is 35.5. The minimum absolute atomic E-state index is 0.245. The first kappa shape index (κ1) is 18.5. The van der Waals surface area contributed by atoms with Gasteiger partial charge in [0, 0.05) is 11.6 Å². The van der Waals surface area contributed by atoms with Crippen LogP contribution in [0.2, 0.25) is 5.02 Å². The molecular weight excluding hydrogens is 346 g/mol. The van der Waals surface area contributed by atoms with E-state index in [-0.39, 0.29) is 12.1 Å². The summed E-state index contributed by atoms with van der Waals surface area (Å²) in [6, 6.07) is 12.9. The standard InChI is InChI=1S/C18H16ClNO5/c1-24-17(22)13-7-5-12(6-8-13)10-20-16(21)11-25-18(23)14-3-2-4-15(19)9-14/h2-9H,10-11H2,1H3,(H,20,21). The monoisotopic (exact) mass is 361 g/mol. The van der Waals surface area contributed by atoms with E-state index < -0.39 is 24.5 Å². The van der Waals surface area contributed by atoms with Crippen molar-refractivity contribution in [3.63, 3.8) is 0 Å². The number of nitrogens with one attached hydrogen (secondary N) is 1. The molecule has 2 rings (SSSR count). The molecule has 0 unspecified atom stereocenters. The van der Waals surface area contributed by atoms with Gasteiger partial charge >= 0.3 is 11.9 Å². The molecule has 0 aliphatic rings. The molecule has 0 aliphatic carbocycles. The number of carbonyl (C=O) groups is 3. The lowest BCUT2D eigenvalue weighted by Gasteiger charge is -2.07. The van der Waals surface area contributed by atoms with Crippen molar-refractivity contribution < 1.29 is 23.9 Å². The van der Waals surface area contributed by atoms with Crippen molar-refractivity contribution in [1.29, 1.82) is 0 Å². The number of rotatable bonds is 6. The van der Waals surface area contributed by atoms with Crippen molar-refractivity contribution in [1.82, 2.24) is 5.32 Å². The van der Waals surface area contributed by atoms with Gasteiger partial charge in [-0.2, -0.15) is 0 Å². The van der Waals surface area contributed by atoms with Crippen LogP contribution < -0.4 is 5.32 Å². The molecule has 0 atom stereocenters. The van der Waals surface area contributed by atoms with Gasteiger partial charge in [-0.05, 0) is 35.9 Å². The molecule has 0 spiro atoms. The number of halogens is 1. The van der Waals surface area contributed by atoms with E-state index in [0.29, 0.717) is 10.6 Å². The maximum absolute atomic E-state index is 11.8. The van der Waals surface area contributed by atoms with Gasteiger partial charge in [0.05, 0.1) is 18.2 Å². The molecule has 25 heavy (non-hydrogen) atoms. The van der Waals surface area contributed by atoms with Crippen LogP contribution in [0.25, 0.3) is 0 Å². The van der Waals surface area contributed by atoms with Crippen molar-refractivity contribution in [2.24, 2.45) is 0 Å². The third-order valence-electron chi connectivity index (χ3n) is 3.26. The molecule has 0 fully saturated rings. The van der Waals surface area contributed by atoms with Crippen LogP contribution >= 0.6 is 11.6 Å². The highest BCUT2D eigenvalue weighted by molar-refractivity contribution is 6.30. The quantitative estimate of drug-likeness (QED) is 0.800. The van der Waals surface area contributed by atoms with Crippen LogP contribution in [0.3, 0.4) is 0 Å². The molecule has 1 amide bonds. The lowest BCUT2D eigenvalue weighted by molar-refractivity contribution is -0.124. The molecule has 2 aromatic rings. The highest BCUT2D eigenvalue weighted by Crippen LogP contribution is 2.11. The van der Waals surface area contributed by atoms with E-state index >= 15 is 0 Å². The zero-order chi connectivity index (χ0) is 18.2. The second-order valence-corrected chi connectivity index (χ2v) is 5.49. The maximum Gasteiger partial charge on any atom is 0.338 e. The SMILES string of the molecule is COC(=O)c1ccc(CNC(=O)COC(=O)c2cccc(Cl)c2)cc1. The Morgan fingerprint density at radius 1 is 1.00 bits per heavy atom. The van der Waals surface area contributed by atoms with Crippen LogP contribution in [0, 0.1) is 0 Å². The van der Waals surface area contributed by atoms with E-state index in [9.17, 15) is 14.4 Å². The number of amides is 1. The lowest BCUT2D eigenvalue weighted by atomic mass is 10.1. The van der Waals surface area contributed by atoms with E-state index in [4.69, 9.17) is 16.3 Å². The second kappa shape index (κ2) is 8.84. The summed E-state index contributed by atoms with van der Waals surface area (Å²) in [5.74, 6) is -1.49. The Labute approximate surface area is 149 Å². The third kappa shape index (κ3) is 5.61. The van der Waals surface area contributed by atoms with E-state index in [1.165, 1.54) is 13.2 Å². The Bertz CT molecular complexity index is 773. The van der Waals surface area contributed by atoms with Gasteiger partial charge in [0.15, 0.2) is 6.61 Å². The number of carbonyl (C=O) groups excluding carboxylic acids is 3. The van der Waals surface area contributed by atoms with Gasteiger partial charge in [-0.25, -0.2) is 9.59 Å². The summed E-state index contributed by atoms with van der Waals surface area (Å²) in [5, 5.41) is 3.03. The molecule has 130 valence electrons. The number of benzene rings is 2. The predicted molar refractivity (Wildman–Crippen MR) is 91.4 cm³/mol. The van der Waals surface area contributed by atoms with Gasteiger partial charge in [0.2, 0.25) is 0 Å². The molecule has 0 saturated carbocycles. The first-order chi connectivity index (χ1) is 12.0. The van der Waals surface area contributed by atoms with Gasteiger partial charge in [0.25, 0.3) is 5.91 Å². The Kier molecular flexibility index (Phi) is 6.54. The van der Waals surface area contributed by atoms with Gasteiger partial charge < -0.3 is 14.8 Å². The fourth-order valence-corrected chi connectivity index (χ4v) is 2.15. The third-order valence-corrected chi connectivity index (χ3v) is 3.49.